The number of amides is 1. The van der Waals surface area contributed by atoms with Gasteiger partial charge in [0, 0.05) is 44.3 Å². The number of rotatable bonds is 2. The van der Waals surface area contributed by atoms with Crippen molar-refractivity contribution in [3.63, 3.8) is 0 Å². The molecule has 8 nitrogen and oxygen atoms in total. The summed E-state index contributed by atoms with van der Waals surface area (Å²) < 4.78 is 5.73. The molecule has 0 saturated carbocycles. The second-order valence-corrected chi connectivity index (χ2v) is 8.76. The maximum Gasteiger partial charge on any atom is 0.355 e. The van der Waals surface area contributed by atoms with Gasteiger partial charge in [0.15, 0.2) is 6.10 Å². The number of fused-ring (bicyclic) bond motifs is 6. The topological polar surface area (TPSA) is 106 Å². The van der Waals surface area contributed by atoms with E-state index in [9.17, 15) is 19.8 Å². The molecule has 5 rings (SSSR count). The van der Waals surface area contributed by atoms with Crippen LogP contribution in [-0.4, -0.2) is 86.9 Å². The van der Waals surface area contributed by atoms with E-state index in [4.69, 9.17) is 4.74 Å². The number of aromatic amines is 1. The number of esters is 1. The van der Waals surface area contributed by atoms with Crippen molar-refractivity contribution in [2.45, 2.75) is 56.1 Å². The molecule has 1 aromatic rings. The van der Waals surface area contributed by atoms with Crippen molar-refractivity contribution in [3.05, 3.63) is 24.0 Å². The van der Waals surface area contributed by atoms with Crippen molar-refractivity contribution in [2.24, 2.45) is 11.8 Å². The summed E-state index contributed by atoms with van der Waals surface area (Å²) >= 11 is 0. The summed E-state index contributed by atoms with van der Waals surface area (Å²) in [4.78, 5) is 32.0. The third-order valence-electron chi connectivity index (χ3n) is 7.18. The highest BCUT2D eigenvalue weighted by Crippen LogP contribution is 2.43. The van der Waals surface area contributed by atoms with Crippen LogP contribution in [0.1, 0.15) is 36.2 Å². The molecule has 4 aliphatic rings. The van der Waals surface area contributed by atoms with Gasteiger partial charge in [-0.05, 0) is 43.2 Å². The van der Waals surface area contributed by atoms with Crippen molar-refractivity contribution in [1.29, 1.82) is 0 Å². The molecule has 0 aliphatic carbocycles. The molecule has 5 heterocycles. The van der Waals surface area contributed by atoms with Crippen molar-refractivity contribution in [3.8, 4) is 0 Å². The van der Waals surface area contributed by atoms with Crippen LogP contribution in [0, 0.1) is 11.8 Å². The first kappa shape index (κ1) is 18.1. The van der Waals surface area contributed by atoms with E-state index in [1.807, 2.05) is 4.90 Å². The molecule has 4 aliphatic heterocycles. The monoisotopic (exact) mass is 389 g/mol. The Bertz CT molecular complexity index is 753. The number of piperidine rings is 4. The summed E-state index contributed by atoms with van der Waals surface area (Å²) in [5, 5.41) is 20.1. The fourth-order valence-corrected chi connectivity index (χ4v) is 5.83. The highest BCUT2D eigenvalue weighted by Gasteiger charge is 2.52. The van der Waals surface area contributed by atoms with E-state index in [0.29, 0.717) is 30.5 Å². The Morgan fingerprint density at radius 3 is 2.75 bits per heavy atom. The molecule has 2 bridgehead atoms. The number of aliphatic hydroxyl groups is 2. The third-order valence-corrected chi connectivity index (χ3v) is 7.18. The molecule has 7 atom stereocenters. The van der Waals surface area contributed by atoms with Gasteiger partial charge in [-0.15, -0.1) is 0 Å². The Balaban J connectivity index is 1.28. The summed E-state index contributed by atoms with van der Waals surface area (Å²) in [6.07, 6.45) is 2.41. The molecule has 1 aromatic heterocycles. The van der Waals surface area contributed by atoms with Crippen LogP contribution in [0.2, 0.25) is 0 Å². The van der Waals surface area contributed by atoms with Crippen LogP contribution in [0.4, 0.5) is 0 Å². The number of hydrogen-bond acceptors (Lipinski definition) is 6. The standard InChI is InChI=1S/C20H27N3O5/c24-17-8-16-11-6-12(10-23(16)19(26)18(17)25)15-7-13(3-5-22(15)9-11)28-20(27)14-2-1-4-21-14/h1-2,4,11-13,15-18,21,24-25H,3,5-10H2. The molecule has 7 unspecified atom stereocenters. The normalized spacial score (nSPS) is 40.6. The Labute approximate surface area is 163 Å². The summed E-state index contributed by atoms with van der Waals surface area (Å²) in [5.74, 6) is -0.00547. The minimum Gasteiger partial charge on any atom is -0.458 e. The highest BCUT2D eigenvalue weighted by atomic mass is 16.5. The Morgan fingerprint density at radius 1 is 1.14 bits per heavy atom. The minimum absolute atomic E-state index is 0.0199. The predicted octanol–water partition coefficient (Wildman–Crippen LogP) is -0.0231. The van der Waals surface area contributed by atoms with Gasteiger partial charge in [0.2, 0.25) is 0 Å². The Kier molecular flexibility index (Phi) is 4.45. The van der Waals surface area contributed by atoms with E-state index < -0.39 is 12.2 Å². The van der Waals surface area contributed by atoms with Crippen LogP contribution < -0.4 is 0 Å². The molecular weight excluding hydrogens is 362 g/mol. The molecule has 28 heavy (non-hydrogen) atoms. The van der Waals surface area contributed by atoms with E-state index in [1.165, 1.54) is 0 Å². The fourth-order valence-electron chi connectivity index (χ4n) is 5.83. The SMILES string of the molecule is O=C(OC1CCN2CC3CC(CN4C(=O)C(O)C(O)CC34)C2C1)c1ccc[nH]1. The average Bonchev–Trinajstić information content (AvgIpc) is 3.23. The zero-order valence-corrected chi connectivity index (χ0v) is 15.7. The van der Waals surface area contributed by atoms with Crippen LogP contribution in [0.15, 0.2) is 18.3 Å². The lowest BCUT2D eigenvalue weighted by Crippen LogP contribution is -2.68. The number of aliphatic hydroxyl groups excluding tert-OH is 2. The minimum atomic E-state index is -1.30. The lowest BCUT2D eigenvalue weighted by atomic mass is 9.70. The van der Waals surface area contributed by atoms with Crippen LogP contribution in [0.3, 0.4) is 0 Å². The van der Waals surface area contributed by atoms with Gasteiger partial charge in [0.25, 0.3) is 5.91 Å². The molecule has 0 radical (unpaired) electrons. The van der Waals surface area contributed by atoms with Crippen molar-refractivity contribution in [2.75, 3.05) is 19.6 Å². The first-order valence-corrected chi connectivity index (χ1v) is 10.3. The van der Waals surface area contributed by atoms with Gasteiger partial charge in [-0.1, -0.05) is 0 Å². The molecule has 8 heteroatoms. The zero-order chi connectivity index (χ0) is 19.4. The van der Waals surface area contributed by atoms with E-state index in [2.05, 4.69) is 9.88 Å². The van der Waals surface area contributed by atoms with Gasteiger partial charge in [-0.2, -0.15) is 0 Å². The van der Waals surface area contributed by atoms with Gasteiger partial charge in [-0.3, -0.25) is 9.69 Å². The van der Waals surface area contributed by atoms with E-state index in [-0.39, 0.29) is 30.1 Å². The van der Waals surface area contributed by atoms with Gasteiger partial charge < -0.3 is 24.8 Å². The molecule has 4 fully saturated rings. The molecule has 1 amide bonds. The summed E-state index contributed by atoms with van der Waals surface area (Å²) in [6, 6.07) is 3.79. The van der Waals surface area contributed by atoms with E-state index in [0.717, 1.165) is 32.4 Å². The number of aromatic nitrogens is 1. The van der Waals surface area contributed by atoms with Crippen molar-refractivity contribution in [1.82, 2.24) is 14.8 Å². The summed E-state index contributed by atoms with van der Waals surface area (Å²) in [7, 11) is 0. The highest BCUT2D eigenvalue weighted by molar-refractivity contribution is 5.87. The fraction of sp³-hybridized carbons (Fsp3) is 0.700. The predicted molar refractivity (Wildman–Crippen MR) is 98.3 cm³/mol. The number of nitrogens with zero attached hydrogens (tertiary/aromatic N) is 2. The number of carbonyl (C=O) groups is 2. The molecule has 0 spiro atoms. The lowest BCUT2D eigenvalue weighted by molar-refractivity contribution is -0.173. The second kappa shape index (κ2) is 6.86. The molecule has 152 valence electrons. The van der Waals surface area contributed by atoms with Crippen molar-refractivity contribution < 1.29 is 24.5 Å². The zero-order valence-electron chi connectivity index (χ0n) is 15.7. The number of hydrogen-bond donors (Lipinski definition) is 3. The number of H-pyrrole nitrogens is 1. The van der Waals surface area contributed by atoms with Gasteiger partial charge in [-0.25, -0.2) is 4.79 Å². The molecule has 4 saturated heterocycles. The van der Waals surface area contributed by atoms with Gasteiger partial charge in [0.05, 0.1) is 6.10 Å². The summed E-state index contributed by atoms with van der Waals surface area (Å²) in [5.41, 5.74) is 0.470. The maximum absolute atomic E-state index is 12.5. The smallest absolute Gasteiger partial charge is 0.355 e. The number of ether oxygens (including phenoxy) is 1. The first-order valence-electron chi connectivity index (χ1n) is 10.3. The third kappa shape index (κ3) is 2.94. The van der Waals surface area contributed by atoms with Crippen molar-refractivity contribution >= 4 is 11.9 Å². The maximum atomic E-state index is 12.5. The second-order valence-electron chi connectivity index (χ2n) is 8.76. The summed E-state index contributed by atoms with van der Waals surface area (Å²) in [6.45, 7) is 2.39. The lowest BCUT2D eigenvalue weighted by Gasteiger charge is -2.58. The van der Waals surface area contributed by atoms with Crippen LogP contribution >= 0.6 is 0 Å². The van der Waals surface area contributed by atoms with Crippen LogP contribution in [-0.2, 0) is 9.53 Å². The molecular formula is C20H27N3O5. The van der Waals surface area contributed by atoms with E-state index in [1.54, 1.807) is 18.3 Å². The van der Waals surface area contributed by atoms with Gasteiger partial charge in [0.1, 0.15) is 11.8 Å². The Hall–Kier alpha value is -1.90. The average molecular weight is 389 g/mol. The number of nitrogens with one attached hydrogen (secondary N) is 1. The first-order chi connectivity index (χ1) is 13.5. The van der Waals surface area contributed by atoms with Crippen LogP contribution in [0.5, 0.6) is 0 Å². The largest absolute Gasteiger partial charge is 0.458 e. The van der Waals surface area contributed by atoms with Gasteiger partial charge >= 0.3 is 5.97 Å². The van der Waals surface area contributed by atoms with E-state index >= 15 is 0 Å². The quantitative estimate of drug-likeness (QED) is 0.614. The Morgan fingerprint density at radius 2 is 1.96 bits per heavy atom. The van der Waals surface area contributed by atoms with Crippen LogP contribution in [0.25, 0.3) is 0 Å². The molecule has 3 N–H and O–H groups in total. The molecule has 0 aromatic carbocycles. The number of carbonyl (C=O) groups excluding carboxylic acids is 2.